The Kier molecular flexibility index (Phi) is 24.1. The second-order valence-corrected chi connectivity index (χ2v) is 30.8. The van der Waals surface area contributed by atoms with Gasteiger partial charge in [0.2, 0.25) is 34.4 Å². The van der Waals surface area contributed by atoms with Crippen molar-refractivity contribution in [1.82, 2.24) is 29.9 Å². The van der Waals surface area contributed by atoms with Crippen molar-refractivity contribution < 1.29 is 121 Å². The molecule has 0 amide bonds. The van der Waals surface area contributed by atoms with E-state index in [9.17, 15) is 74.4 Å². The number of aromatic hydroxyl groups is 2. The van der Waals surface area contributed by atoms with Crippen LogP contribution in [-0.2, 0) is 94.5 Å². The Bertz CT molecular complexity index is 5520. The molecule has 0 radical (unpaired) electrons. The Morgan fingerprint density at radius 3 is 1.76 bits per heavy atom. The number of halogens is 2. The monoisotopic (exact) mass is 1600 g/mol. The van der Waals surface area contributed by atoms with Crippen molar-refractivity contribution in [2.75, 3.05) is 46.8 Å². The molecule has 2 aromatic heterocycles. The molecule has 51 heteroatoms. The molecular formula is C50H44Cl2N14O27S8. The minimum Gasteiger partial charge on any atom is -0.505 e. The summed E-state index contributed by atoms with van der Waals surface area (Å²) in [4.78, 5) is 21.7. The third-order valence-corrected chi connectivity index (χ3v) is 20.0. The third-order valence-electron chi connectivity index (χ3n) is 13.2. The van der Waals surface area contributed by atoms with E-state index in [1.54, 1.807) is 6.92 Å². The molecule has 538 valence electrons. The highest BCUT2D eigenvalue weighted by Crippen LogP contribution is 2.49. The van der Waals surface area contributed by atoms with Gasteiger partial charge in [-0.3, -0.25) is 22.8 Å². The van der Waals surface area contributed by atoms with Gasteiger partial charge in [0.25, 0.3) is 30.4 Å². The molecule has 9 rings (SSSR count). The number of benzene rings is 7. The molecule has 101 heavy (non-hydrogen) atoms. The first kappa shape index (κ1) is 77.0. The maximum Gasteiger partial charge on any atom is 0.397 e. The van der Waals surface area contributed by atoms with Gasteiger partial charge >= 0.3 is 20.8 Å². The van der Waals surface area contributed by atoms with E-state index in [0.29, 0.717) is 17.6 Å². The highest BCUT2D eigenvalue weighted by atomic mass is 35.5. The van der Waals surface area contributed by atoms with Crippen molar-refractivity contribution in [2.45, 2.75) is 55.2 Å². The second kappa shape index (κ2) is 31.6. The Labute approximate surface area is 586 Å². The summed E-state index contributed by atoms with van der Waals surface area (Å²) >= 11 is 13.3. The number of hydrogen-bond acceptors (Lipinski definition) is 38. The number of aryl methyl sites for hydroxylation is 1. The Balaban J connectivity index is 0.976. The van der Waals surface area contributed by atoms with Gasteiger partial charge in [-0.2, -0.15) is 77.1 Å². The summed E-state index contributed by atoms with van der Waals surface area (Å²) in [6.07, 6.45) is 0.312. The predicted octanol–water partition coefficient (Wildman–Crippen LogP) is 9.41. The van der Waals surface area contributed by atoms with E-state index in [4.69, 9.17) is 42.8 Å². The lowest BCUT2D eigenvalue weighted by molar-refractivity contribution is -0.432. The predicted molar refractivity (Wildman–Crippen MR) is 354 cm³/mol. The summed E-state index contributed by atoms with van der Waals surface area (Å²) in [6.45, 7) is 0.162. The molecule has 0 aliphatic rings. The molecule has 9 aromatic rings. The van der Waals surface area contributed by atoms with Crippen molar-refractivity contribution in [2.24, 2.45) is 20.5 Å². The number of hydrogen-bond donors (Lipinski definition) is 13. The first-order chi connectivity index (χ1) is 47.4. The lowest BCUT2D eigenvalue weighted by Gasteiger charge is -2.17. The first-order valence-electron chi connectivity index (χ1n) is 27.1. The molecule has 0 spiro atoms. The maximum atomic E-state index is 13.0. The van der Waals surface area contributed by atoms with Crippen LogP contribution in [0.4, 0.5) is 57.9 Å². The van der Waals surface area contributed by atoms with E-state index in [-0.39, 0.29) is 120 Å². The summed E-state index contributed by atoms with van der Waals surface area (Å²) < 4.78 is 212. The number of phenolic OH excluding ortho intramolecular Hbond substituents is 2. The number of rotatable bonds is 32. The van der Waals surface area contributed by atoms with Crippen LogP contribution in [0.2, 0.25) is 10.6 Å². The van der Waals surface area contributed by atoms with Crippen LogP contribution in [0.15, 0.2) is 141 Å². The summed E-state index contributed by atoms with van der Waals surface area (Å²) in [6, 6.07) is 16.5. The molecule has 13 N–H and O–H groups in total. The fourth-order valence-electron chi connectivity index (χ4n) is 9.17. The standard InChI is InChI=1S/C50H44Cl2N14O27S8/c1-23(22-53-47-57-45(51)59-49(61-47)55-34-20-29(94-92-90-69)16-26-19-37(98(76,77)78)41(43(68)38(26)34)66-63-28-6-8-30(9-7-28)96(71,72)14-13-89-101(85,86)87)54-48-58-46(52)60-50(62-48)56-35-21-31(97(73,74)75)17-27-18-36(95-93-91-70)40(42(67)39(27)35)65-64-33-11-5-25-15-24(3-2-12-88-100(82,83)84)4-10-32(25)44(33)99(79,80)81/h4-11,15-21,23,67-70H,2-3,12-14,22H2,1H3,(H,73,74,75)(H,76,77,78)(H,79,80,81)(H,82,83,84)(H,85,86,87)(H2,53,55,57,59,61)(H2,54,56,58,60,62). The van der Waals surface area contributed by atoms with Crippen LogP contribution in [0.3, 0.4) is 0 Å². The SMILES string of the molecule is CC(CNc1nc(Cl)nc(Nc2cc(SOOO)cc3cc(S(=O)(=O)O)c(N=Nc4ccc(S(=O)(=O)CCOS(=O)(=O)O)cc4)c(O)c23)n1)Nc1nc(Cl)nc(Nc2cc(S(=O)(=O)O)cc3cc(SOOO)c(N=Nc4ccc5cc(CCCOS(=O)(=O)O)ccc5c4S(=O)(=O)O)c(O)c23)n1. The van der Waals surface area contributed by atoms with Crippen molar-refractivity contribution in [3.63, 3.8) is 0 Å². The number of fused-ring (bicyclic) bond motifs is 3. The molecule has 2 heterocycles. The number of azo groups is 2. The number of anilines is 6. The topological polar surface area (TPSA) is 617 Å². The molecule has 0 bridgehead atoms. The van der Waals surface area contributed by atoms with Gasteiger partial charge in [-0.1, -0.05) is 34.3 Å². The number of nitrogens with zero attached hydrogens (tertiary/aromatic N) is 10. The summed E-state index contributed by atoms with van der Waals surface area (Å²) in [5.74, 6) is -3.99. The van der Waals surface area contributed by atoms with Gasteiger partial charge in [0, 0.05) is 33.6 Å². The average molecular weight is 1600 g/mol. The highest BCUT2D eigenvalue weighted by Gasteiger charge is 2.28. The Morgan fingerprint density at radius 1 is 0.554 bits per heavy atom. The van der Waals surface area contributed by atoms with Crippen LogP contribution in [0, 0.1) is 0 Å². The van der Waals surface area contributed by atoms with Crippen LogP contribution in [0.1, 0.15) is 18.9 Å². The summed E-state index contributed by atoms with van der Waals surface area (Å²) in [5.41, 5.74) is -2.06. The molecule has 1 atom stereocenters. The van der Waals surface area contributed by atoms with Crippen molar-refractivity contribution in [1.29, 1.82) is 0 Å². The quantitative estimate of drug-likeness (QED) is 0.00466. The first-order valence-corrected chi connectivity index (χ1v) is 38.0. The van der Waals surface area contributed by atoms with Gasteiger partial charge in [-0.15, -0.1) is 24.0 Å². The van der Waals surface area contributed by atoms with Crippen LogP contribution in [-0.4, -0.2) is 155 Å². The largest absolute Gasteiger partial charge is 0.505 e. The fraction of sp³-hybridized carbons (Fsp3) is 0.160. The van der Waals surface area contributed by atoms with Gasteiger partial charge in [0.05, 0.1) is 74.8 Å². The van der Waals surface area contributed by atoms with E-state index in [1.807, 2.05) is 0 Å². The van der Waals surface area contributed by atoms with Gasteiger partial charge in [0.1, 0.15) is 26.9 Å². The van der Waals surface area contributed by atoms with Crippen LogP contribution in [0.5, 0.6) is 11.5 Å². The molecule has 0 saturated carbocycles. The Hall–Kier alpha value is -8.20. The zero-order valence-electron chi connectivity index (χ0n) is 49.8. The van der Waals surface area contributed by atoms with Crippen molar-refractivity contribution in [3.8, 4) is 11.5 Å². The molecular weight excluding hydrogens is 1560 g/mol. The van der Waals surface area contributed by atoms with E-state index in [0.717, 1.165) is 54.6 Å². The number of nitrogens with one attached hydrogen (secondary N) is 4. The lowest BCUT2D eigenvalue weighted by atomic mass is 10.0. The zero-order chi connectivity index (χ0) is 73.6. The maximum absolute atomic E-state index is 13.0. The minimum absolute atomic E-state index is 0.0303. The van der Waals surface area contributed by atoms with Crippen LogP contribution >= 0.6 is 47.3 Å². The van der Waals surface area contributed by atoms with Crippen molar-refractivity contribution in [3.05, 3.63) is 107 Å². The zero-order valence-corrected chi connectivity index (χ0v) is 57.9. The van der Waals surface area contributed by atoms with Gasteiger partial charge in [-0.25, -0.2) is 27.3 Å². The second-order valence-electron chi connectivity index (χ2n) is 20.1. The molecule has 0 fully saturated rings. The van der Waals surface area contributed by atoms with E-state index in [1.165, 1.54) is 36.4 Å². The van der Waals surface area contributed by atoms with Crippen LogP contribution in [0.25, 0.3) is 32.3 Å². The molecule has 7 aromatic carbocycles. The lowest BCUT2D eigenvalue weighted by Crippen LogP contribution is -2.27. The van der Waals surface area contributed by atoms with Gasteiger partial charge in [0.15, 0.2) is 21.3 Å². The van der Waals surface area contributed by atoms with E-state index >= 15 is 0 Å². The van der Waals surface area contributed by atoms with E-state index in [2.05, 4.69) is 98.7 Å². The number of aromatic nitrogens is 6. The summed E-state index contributed by atoms with van der Waals surface area (Å²) in [5, 5.41) is 74.8. The average Bonchev–Trinajstić information content (AvgIpc) is 0.762. The van der Waals surface area contributed by atoms with Crippen molar-refractivity contribution >= 4 is 199 Å². The minimum atomic E-state index is -5.26. The van der Waals surface area contributed by atoms with Crippen LogP contribution < -0.4 is 21.3 Å². The molecule has 0 saturated heterocycles. The number of sulfone groups is 1. The summed E-state index contributed by atoms with van der Waals surface area (Å²) in [7, 11) is -29.3. The van der Waals surface area contributed by atoms with Gasteiger partial charge < -0.3 is 31.5 Å². The Morgan fingerprint density at radius 2 is 1.14 bits per heavy atom. The third kappa shape index (κ3) is 20.3. The molecule has 1 unspecified atom stereocenters. The van der Waals surface area contributed by atoms with Gasteiger partial charge in [-0.05, 0) is 131 Å². The molecule has 0 aliphatic heterocycles. The smallest absolute Gasteiger partial charge is 0.397 e. The van der Waals surface area contributed by atoms with E-state index < -0.39 is 139 Å². The molecule has 0 aliphatic carbocycles. The molecule has 41 nitrogen and oxygen atoms in total. The normalized spacial score (nSPS) is 13.0. The fourth-order valence-corrected chi connectivity index (χ4v) is 14.3. The highest BCUT2D eigenvalue weighted by molar-refractivity contribution is 7.95. The number of phenols is 2.